The molecule has 9 nitrogen and oxygen atoms in total. The number of amides is 3. The first-order valence-electron chi connectivity index (χ1n) is 8.22. The number of ether oxygens (including phenoxy) is 2. The molecule has 2 rings (SSSR count). The van der Waals surface area contributed by atoms with Gasteiger partial charge in [0.1, 0.15) is 6.54 Å². The minimum atomic E-state index is -0.569. The summed E-state index contributed by atoms with van der Waals surface area (Å²) in [6, 6.07) is 10.0. The molecule has 0 aliphatic rings. The summed E-state index contributed by atoms with van der Waals surface area (Å²) in [6.45, 7) is 1.74. The van der Waals surface area contributed by atoms with Crippen molar-refractivity contribution in [3.8, 4) is 11.5 Å². The minimum Gasteiger partial charge on any atom is -0.490 e. The highest BCUT2D eigenvalue weighted by Gasteiger charge is 2.17. The van der Waals surface area contributed by atoms with Crippen LogP contribution in [-0.2, 0) is 9.59 Å². The molecule has 0 aliphatic heterocycles. The zero-order valence-electron chi connectivity index (χ0n) is 15.1. The van der Waals surface area contributed by atoms with E-state index in [4.69, 9.17) is 13.9 Å². The molecule has 1 heterocycles. The molecule has 3 amide bonds. The molecule has 0 saturated heterocycles. The van der Waals surface area contributed by atoms with Crippen molar-refractivity contribution in [2.75, 3.05) is 26.8 Å². The van der Waals surface area contributed by atoms with Gasteiger partial charge in [0.2, 0.25) is 0 Å². The summed E-state index contributed by atoms with van der Waals surface area (Å²) in [5, 5.41) is 0. The standard InChI is InChI=1S/C18H21N3O6/c1-3-25-13-7-4-5-8-14(13)27-12-17(23)20-19-16(22)11-21(2)18(24)15-9-6-10-26-15/h4-10H,3,11-12H2,1-2H3,(H,19,22)(H,20,23). The Bertz CT molecular complexity index is 775. The third-order valence-electron chi connectivity index (χ3n) is 3.31. The van der Waals surface area contributed by atoms with Gasteiger partial charge in [0, 0.05) is 7.05 Å². The predicted octanol–water partition coefficient (Wildman–Crippen LogP) is 0.977. The summed E-state index contributed by atoms with van der Waals surface area (Å²) in [5.41, 5.74) is 4.43. The number of carbonyl (C=O) groups is 3. The SMILES string of the molecule is CCOc1ccccc1OCC(=O)NNC(=O)CN(C)C(=O)c1ccco1. The van der Waals surface area contributed by atoms with Gasteiger partial charge < -0.3 is 18.8 Å². The Hall–Kier alpha value is -3.49. The molecule has 0 spiro atoms. The van der Waals surface area contributed by atoms with Crippen LogP contribution in [0.4, 0.5) is 0 Å². The highest BCUT2D eigenvalue weighted by molar-refractivity contribution is 5.94. The highest BCUT2D eigenvalue weighted by Crippen LogP contribution is 2.26. The van der Waals surface area contributed by atoms with E-state index < -0.39 is 17.7 Å². The molecule has 2 aromatic rings. The van der Waals surface area contributed by atoms with Crippen LogP contribution in [0.3, 0.4) is 0 Å². The lowest BCUT2D eigenvalue weighted by Gasteiger charge is -2.16. The average molecular weight is 375 g/mol. The molecule has 2 N–H and O–H groups in total. The largest absolute Gasteiger partial charge is 0.490 e. The molecule has 144 valence electrons. The second-order valence-electron chi connectivity index (χ2n) is 5.40. The number of rotatable bonds is 8. The third kappa shape index (κ3) is 6.07. The van der Waals surface area contributed by atoms with Crippen LogP contribution in [0.15, 0.2) is 47.1 Å². The van der Waals surface area contributed by atoms with Crippen molar-refractivity contribution in [1.29, 1.82) is 0 Å². The van der Waals surface area contributed by atoms with Crippen LogP contribution < -0.4 is 20.3 Å². The number of carbonyl (C=O) groups excluding carboxylic acids is 3. The Labute approximate surface area is 156 Å². The van der Waals surface area contributed by atoms with E-state index in [0.29, 0.717) is 18.1 Å². The van der Waals surface area contributed by atoms with Crippen LogP contribution in [0.1, 0.15) is 17.5 Å². The van der Waals surface area contributed by atoms with E-state index >= 15 is 0 Å². The van der Waals surface area contributed by atoms with Crippen molar-refractivity contribution in [1.82, 2.24) is 15.8 Å². The Morgan fingerprint density at radius 2 is 1.67 bits per heavy atom. The molecule has 0 bridgehead atoms. The van der Waals surface area contributed by atoms with Crippen LogP contribution in [0.5, 0.6) is 11.5 Å². The van der Waals surface area contributed by atoms with Crippen molar-refractivity contribution in [2.24, 2.45) is 0 Å². The van der Waals surface area contributed by atoms with E-state index in [-0.39, 0.29) is 18.9 Å². The van der Waals surface area contributed by atoms with Gasteiger partial charge in [0.05, 0.1) is 12.9 Å². The fourth-order valence-corrected chi connectivity index (χ4v) is 2.08. The molecule has 0 fully saturated rings. The topological polar surface area (TPSA) is 110 Å². The average Bonchev–Trinajstić information content (AvgIpc) is 3.20. The summed E-state index contributed by atoms with van der Waals surface area (Å²) in [6.07, 6.45) is 1.37. The van der Waals surface area contributed by atoms with Crippen molar-refractivity contribution in [3.05, 3.63) is 48.4 Å². The van der Waals surface area contributed by atoms with Gasteiger partial charge in [0.15, 0.2) is 23.9 Å². The molecule has 1 aromatic carbocycles. The first kappa shape index (κ1) is 19.8. The van der Waals surface area contributed by atoms with Gasteiger partial charge >= 0.3 is 0 Å². The van der Waals surface area contributed by atoms with E-state index in [1.807, 2.05) is 6.92 Å². The van der Waals surface area contributed by atoms with Crippen LogP contribution >= 0.6 is 0 Å². The lowest BCUT2D eigenvalue weighted by atomic mass is 10.3. The molecule has 0 radical (unpaired) electrons. The molecule has 9 heteroatoms. The summed E-state index contributed by atoms with van der Waals surface area (Å²) in [4.78, 5) is 36.8. The maximum Gasteiger partial charge on any atom is 0.289 e. The highest BCUT2D eigenvalue weighted by atomic mass is 16.5. The maximum atomic E-state index is 12.0. The zero-order chi connectivity index (χ0) is 19.6. The second kappa shape index (κ2) is 9.85. The molecule has 0 aliphatic carbocycles. The molecular weight excluding hydrogens is 354 g/mol. The summed E-state index contributed by atoms with van der Waals surface area (Å²) < 4.78 is 15.8. The van der Waals surface area contributed by atoms with Crippen molar-refractivity contribution in [2.45, 2.75) is 6.92 Å². The Morgan fingerprint density at radius 3 is 2.30 bits per heavy atom. The van der Waals surface area contributed by atoms with Crippen LogP contribution in [0, 0.1) is 0 Å². The lowest BCUT2D eigenvalue weighted by molar-refractivity contribution is -0.130. The fourth-order valence-electron chi connectivity index (χ4n) is 2.08. The van der Waals surface area contributed by atoms with E-state index in [9.17, 15) is 14.4 Å². The van der Waals surface area contributed by atoms with E-state index in [1.165, 1.54) is 19.4 Å². The minimum absolute atomic E-state index is 0.121. The van der Waals surface area contributed by atoms with Crippen molar-refractivity contribution < 1.29 is 28.3 Å². The lowest BCUT2D eigenvalue weighted by Crippen LogP contribution is -2.48. The first-order valence-corrected chi connectivity index (χ1v) is 8.22. The zero-order valence-corrected chi connectivity index (χ0v) is 15.1. The van der Waals surface area contributed by atoms with Crippen LogP contribution in [-0.4, -0.2) is 49.4 Å². The molecular formula is C18H21N3O6. The van der Waals surface area contributed by atoms with Gasteiger partial charge in [-0.3, -0.25) is 25.2 Å². The van der Waals surface area contributed by atoms with E-state index in [1.54, 1.807) is 30.3 Å². The van der Waals surface area contributed by atoms with Gasteiger partial charge in [-0.05, 0) is 31.2 Å². The van der Waals surface area contributed by atoms with E-state index in [2.05, 4.69) is 10.9 Å². The normalized spacial score (nSPS) is 10.0. The third-order valence-corrected chi connectivity index (χ3v) is 3.31. The number of benzene rings is 1. The van der Waals surface area contributed by atoms with Crippen molar-refractivity contribution >= 4 is 17.7 Å². The van der Waals surface area contributed by atoms with Crippen LogP contribution in [0.2, 0.25) is 0 Å². The molecule has 0 saturated carbocycles. The number of para-hydroxylation sites is 2. The maximum absolute atomic E-state index is 12.0. The smallest absolute Gasteiger partial charge is 0.289 e. The number of hydrazine groups is 1. The predicted molar refractivity (Wildman–Crippen MR) is 95.1 cm³/mol. The van der Waals surface area contributed by atoms with E-state index in [0.717, 1.165) is 4.90 Å². The number of hydrogen-bond donors (Lipinski definition) is 2. The summed E-state index contributed by atoms with van der Waals surface area (Å²) >= 11 is 0. The molecule has 0 atom stereocenters. The summed E-state index contributed by atoms with van der Waals surface area (Å²) in [7, 11) is 1.44. The first-order chi connectivity index (χ1) is 13.0. The molecule has 1 aromatic heterocycles. The number of nitrogens with zero attached hydrogens (tertiary/aromatic N) is 1. The van der Waals surface area contributed by atoms with Gasteiger partial charge in [0.25, 0.3) is 17.7 Å². The number of likely N-dealkylation sites (N-methyl/N-ethyl adjacent to an activating group) is 1. The van der Waals surface area contributed by atoms with Gasteiger partial charge in [-0.1, -0.05) is 12.1 Å². The fraction of sp³-hybridized carbons (Fsp3) is 0.278. The van der Waals surface area contributed by atoms with Gasteiger partial charge in [-0.25, -0.2) is 0 Å². The van der Waals surface area contributed by atoms with Gasteiger partial charge in [-0.15, -0.1) is 0 Å². The quantitative estimate of drug-likeness (QED) is 0.666. The summed E-state index contributed by atoms with van der Waals surface area (Å²) in [5.74, 6) is -0.511. The number of hydrogen-bond acceptors (Lipinski definition) is 6. The Kier molecular flexibility index (Phi) is 7.24. The molecule has 27 heavy (non-hydrogen) atoms. The Morgan fingerprint density at radius 1 is 1.00 bits per heavy atom. The number of nitrogens with one attached hydrogen (secondary N) is 2. The monoisotopic (exact) mass is 375 g/mol. The molecule has 0 unspecified atom stereocenters. The van der Waals surface area contributed by atoms with Gasteiger partial charge in [-0.2, -0.15) is 0 Å². The second-order valence-corrected chi connectivity index (χ2v) is 5.40. The number of furan rings is 1. The Balaban J connectivity index is 1.73. The van der Waals surface area contributed by atoms with Crippen molar-refractivity contribution in [3.63, 3.8) is 0 Å². The van der Waals surface area contributed by atoms with Crippen LogP contribution in [0.25, 0.3) is 0 Å².